The van der Waals surface area contributed by atoms with Gasteiger partial charge in [0, 0.05) is 19.4 Å². The van der Waals surface area contributed by atoms with Crippen molar-refractivity contribution >= 4 is 11.8 Å². The van der Waals surface area contributed by atoms with Crippen LogP contribution in [0.4, 0.5) is 0 Å². The van der Waals surface area contributed by atoms with Gasteiger partial charge in [0.15, 0.2) is 0 Å². The number of nitrogens with one attached hydrogen (secondary N) is 1. The average molecular weight is 135 g/mol. The van der Waals surface area contributed by atoms with E-state index in [-0.39, 0.29) is 0 Å². The van der Waals surface area contributed by atoms with E-state index in [1.165, 1.54) is 0 Å². The van der Waals surface area contributed by atoms with Crippen LogP contribution in [0.3, 0.4) is 0 Å². The van der Waals surface area contributed by atoms with Crippen LogP contribution in [-0.2, 0) is 4.74 Å². The van der Waals surface area contributed by atoms with Crippen molar-refractivity contribution < 1.29 is 4.74 Å². The second-order valence-corrected chi connectivity index (χ2v) is 2.47. The van der Waals surface area contributed by atoms with E-state index < -0.39 is 0 Å². The maximum atomic E-state index is 4.82. The molecular formula is C5H13NOS. The summed E-state index contributed by atoms with van der Waals surface area (Å²) in [6.45, 7) is 1.06. The van der Waals surface area contributed by atoms with Gasteiger partial charge in [-0.15, -0.1) is 11.8 Å². The molecule has 0 atom stereocenters. The van der Waals surface area contributed by atoms with Crippen molar-refractivity contribution in [3.05, 3.63) is 0 Å². The minimum absolute atomic E-state index is 0.807. The van der Waals surface area contributed by atoms with Crippen LogP contribution in [0.2, 0.25) is 0 Å². The Morgan fingerprint density at radius 1 is 1.62 bits per heavy atom. The third kappa shape index (κ3) is 6.27. The molecule has 0 spiro atoms. The van der Waals surface area contributed by atoms with Crippen LogP contribution >= 0.6 is 11.8 Å². The van der Waals surface area contributed by atoms with Gasteiger partial charge in [-0.1, -0.05) is 0 Å². The Balaban J connectivity index is 2.53. The molecule has 0 rings (SSSR count). The zero-order valence-electron chi connectivity index (χ0n) is 5.44. The Labute approximate surface area is 55.0 Å². The zero-order valence-corrected chi connectivity index (χ0v) is 6.25. The molecule has 0 heterocycles. The molecule has 0 bridgehead atoms. The van der Waals surface area contributed by atoms with Crippen LogP contribution < -0.4 is 5.32 Å². The van der Waals surface area contributed by atoms with Crippen LogP contribution in [0.15, 0.2) is 0 Å². The van der Waals surface area contributed by atoms with Crippen molar-refractivity contribution in [3.63, 3.8) is 0 Å². The quantitative estimate of drug-likeness (QED) is 0.439. The SMILES string of the molecule is CNCCSCOC. The summed E-state index contributed by atoms with van der Waals surface area (Å²) in [7, 11) is 3.67. The molecular weight excluding hydrogens is 122 g/mol. The third-order valence-corrected chi connectivity index (χ3v) is 1.59. The first-order valence-corrected chi connectivity index (χ1v) is 3.78. The van der Waals surface area contributed by atoms with Crippen molar-refractivity contribution in [2.24, 2.45) is 0 Å². The van der Waals surface area contributed by atoms with Crippen LogP contribution in [-0.4, -0.2) is 32.4 Å². The third-order valence-electron chi connectivity index (χ3n) is 0.698. The highest BCUT2D eigenvalue weighted by Crippen LogP contribution is 1.95. The van der Waals surface area contributed by atoms with Gasteiger partial charge in [-0.05, 0) is 7.05 Å². The molecule has 1 N–H and O–H groups in total. The summed E-state index contributed by atoms with van der Waals surface area (Å²) in [5.41, 5.74) is 0. The van der Waals surface area contributed by atoms with Gasteiger partial charge in [-0.2, -0.15) is 0 Å². The molecule has 0 aliphatic rings. The molecule has 0 saturated carbocycles. The molecule has 0 aromatic rings. The zero-order chi connectivity index (χ0) is 6.24. The van der Waals surface area contributed by atoms with Crippen molar-refractivity contribution in [2.45, 2.75) is 0 Å². The maximum absolute atomic E-state index is 4.82. The number of rotatable bonds is 5. The number of methoxy groups -OCH3 is 1. The van der Waals surface area contributed by atoms with E-state index in [1.54, 1.807) is 18.9 Å². The fourth-order valence-corrected chi connectivity index (χ4v) is 0.949. The Morgan fingerprint density at radius 3 is 2.88 bits per heavy atom. The van der Waals surface area contributed by atoms with E-state index in [9.17, 15) is 0 Å². The summed E-state index contributed by atoms with van der Waals surface area (Å²) in [4.78, 5) is 0. The lowest BCUT2D eigenvalue weighted by Crippen LogP contribution is -2.10. The molecule has 0 radical (unpaired) electrons. The normalized spacial score (nSPS) is 9.75. The molecule has 0 amide bonds. The Kier molecular flexibility index (Phi) is 7.52. The van der Waals surface area contributed by atoms with E-state index in [2.05, 4.69) is 5.32 Å². The molecule has 0 aliphatic carbocycles. The number of hydrogen-bond donors (Lipinski definition) is 1. The fourth-order valence-electron chi connectivity index (χ4n) is 0.316. The number of hydrogen-bond acceptors (Lipinski definition) is 3. The Morgan fingerprint density at radius 2 is 2.38 bits per heavy atom. The Hall–Kier alpha value is 0.270. The van der Waals surface area contributed by atoms with Gasteiger partial charge in [0.1, 0.15) is 0 Å². The molecule has 0 fully saturated rings. The fraction of sp³-hybridized carbons (Fsp3) is 1.00. The lowest BCUT2D eigenvalue weighted by molar-refractivity contribution is 0.259. The lowest BCUT2D eigenvalue weighted by atomic mass is 10.8. The number of thioether (sulfide) groups is 1. The molecule has 3 heteroatoms. The lowest BCUT2D eigenvalue weighted by Gasteiger charge is -1.96. The molecule has 0 unspecified atom stereocenters. The minimum atomic E-state index is 0.807. The van der Waals surface area contributed by atoms with Crippen LogP contribution in [0.1, 0.15) is 0 Å². The summed E-state index contributed by atoms with van der Waals surface area (Å²) in [6.07, 6.45) is 0. The monoisotopic (exact) mass is 135 g/mol. The maximum Gasteiger partial charge on any atom is 0.0917 e. The largest absolute Gasteiger partial charge is 0.374 e. The topological polar surface area (TPSA) is 21.3 Å². The summed E-state index contributed by atoms with van der Waals surface area (Å²) >= 11 is 1.79. The summed E-state index contributed by atoms with van der Waals surface area (Å²) < 4.78 is 4.82. The second kappa shape index (κ2) is 7.27. The Bertz CT molecular complexity index is 37.4. The predicted molar refractivity (Wildman–Crippen MR) is 38.3 cm³/mol. The van der Waals surface area contributed by atoms with Gasteiger partial charge in [0.25, 0.3) is 0 Å². The summed E-state index contributed by atoms with van der Waals surface area (Å²) in [5.74, 6) is 1.94. The highest BCUT2D eigenvalue weighted by atomic mass is 32.2. The summed E-state index contributed by atoms with van der Waals surface area (Å²) in [6, 6.07) is 0. The molecule has 0 saturated heterocycles. The molecule has 0 aromatic carbocycles. The van der Waals surface area contributed by atoms with Crippen molar-refractivity contribution in [1.82, 2.24) is 5.32 Å². The number of ether oxygens (including phenoxy) is 1. The second-order valence-electron chi connectivity index (χ2n) is 1.42. The van der Waals surface area contributed by atoms with Gasteiger partial charge >= 0.3 is 0 Å². The first kappa shape index (κ1) is 8.27. The molecule has 50 valence electrons. The van der Waals surface area contributed by atoms with Crippen molar-refractivity contribution in [3.8, 4) is 0 Å². The van der Waals surface area contributed by atoms with E-state index in [1.807, 2.05) is 7.05 Å². The van der Waals surface area contributed by atoms with Gasteiger partial charge in [-0.3, -0.25) is 0 Å². The smallest absolute Gasteiger partial charge is 0.0917 e. The van der Waals surface area contributed by atoms with Gasteiger partial charge < -0.3 is 10.1 Å². The van der Waals surface area contributed by atoms with Crippen LogP contribution in [0.25, 0.3) is 0 Å². The van der Waals surface area contributed by atoms with Gasteiger partial charge in [-0.25, -0.2) is 0 Å². The minimum Gasteiger partial charge on any atom is -0.374 e. The highest BCUT2D eigenvalue weighted by molar-refractivity contribution is 7.99. The molecule has 0 aromatic heterocycles. The van der Waals surface area contributed by atoms with E-state index in [0.29, 0.717) is 0 Å². The molecule has 0 aliphatic heterocycles. The predicted octanol–water partition coefficient (Wildman–Crippen LogP) is 0.543. The first-order chi connectivity index (χ1) is 3.91. The average Bonchev–Trinajstić information content (AvgIpc) is 1.81. The first-order valence-electron chi connectivity index (χ1n) is 2.63. The summed E-state index contributed by atoms with van der Waals surface area (Å²) in [5, 5.41) is 3.05. The molecule has 2 nitrogen and oxygen atoms in total. The molecule has 8 heavy (non-hydrogen) atoms. The van der Waals surface area contributed by atoms with E-state index >= 15 is 0 Å². The van der Waals surface area contributed by atoms with Crippen LogP contribution in [0.5, 0.6) is 0 Å². The highest BCUT2D eigenvalue weighted by Gasteiger charge is 1.82. The van der Waals surface area contributed by atoms with Crippen molar-refractivity contribution in [2.75, 3.05) is 32.4 Å². The van der Waals surface area contributed by atoms with E-state index in [4.69, 9.17) is 4.74 Å². The standard InChI is InChI=1S/C5H13NOS/c1-6-3-4-8-5-7-2/h6H,3-5H2,1-2H3. The van der Waals surface area contributed by atoms with Crippen molar-refractivity contribution in [1.29, 1.82) is 0 Å². The van der Waals surface area contributed by atoms with E-state index in [0.717, 1.165) is 18.2 Å². The van der Waals surface area contributed by atoms with Gasteiger partial charge in [0.2, 0.25) is 0 Å². The van der Waals surface area contributed by atoms with Crippen LogP contribution in [0, 0.1) is 0 Å². The van der Waals surface area contributed by atoms with Gasteiger partial charge in [0.05, 0.1) is 5.94 Å².